The maximum Gasteiger partial charge on any atom is 0.270 e. The number of hydrogen-bond donors (Lipinski definition) is 0. The number of fused-ring (bicyclic) bond motifs is 1. The number of anilines is 1. The predicted molar refractivity (Wildman–Crippen MR) is 89.0 cm³/mol. The minimum absolute atomic E-state index is 0.0693. The van der Waals surface area contributed by atoms with Crippen LogP contribution in [0.25, 0.3) is 0 Å². The highest BCUT2D eigenvalue weighted by Gasteiger charge is 2.33. The SMILES string of the molecule is Cc1ccc([N+](=O)[O-])cc1C(=O)N1c2cc(C#N)ccc2CC1C. The van der Waals surface area contributed by atoms with Crippen LogP contribution in [-0.2, 0) is 6.42 Å². The molecule has 24 heavy (non-hydrogen) atoms. The van der Waals surface area contributed by atoms with E-state index in [1.165, 1.54) is 12.1 Å². The second kappa shape index (κ2) is 5.78. The number of nitro benzene ring substituents is 1. The van der Waals surface area contributed by atoms with Gasteiger partial charge in [-0.3, -0.25) is 14.9 Å². The summed E-state index contributed by atoms with van der Waals surface area (Å²) in [5, 5.41) is 20.1. The molecule has 1 atom stereocenters. The molecule has 0 radical (unpaired) electrons. The molecule has 0 aliphatic carbocycles. The van der Waals surface area contributed by atoms with Gasteiger partial charge in [-0.15, -0.1) is 0 Å². The number of non-ortho nitro benzene ring substituents is 1. The zero-order chi connectivity index (χ0) is 17.4. The molecular formula is C18H15N3O3. The Kier molecular flexibility index (Phi) is 3.78. The highest BCUT2D eigenvalue weighted by Crippen LogP contribution is 2.35. The Hall–Kier alpha value is -3.20. The average molecular weight is 321 g/mol. The minimum atomic E-state index is -0.509. The lowest BCUT2D eigenvalue weighted by Crippen LogP contribution is -2.36. The number of carbonyl (C=O) groups is 1. The second-order valence-electron chi connectivity index (χ2n) is 5.94. The van der Waals surface area contributed by atoms with Gasteiger partial charge < -0.3 is 4.90 Å². The average Bonchev–Trinajstić information content (AvgIpc) is 2.89. The van der Waals surface area contributed by atoms with Crippen molar-refractivity contribution in [2.24, 2.45) is 0 Å². The molecule has 0 saturated heterocycles. The molecule has 1 unspecified atom stereocenters. The second-order valence-corrected chi connectivity index (χ2v) is 5.94. The molecule has 1 aliphatic rings. The Morgan fingerprint density at radius 1 is 1.33 bits per heavy atom. The number of nitriles is 1. The van der Waals surface area contributed by atoms with E-state index in [-0.39, 0.29) is 17.6 Å². The fourth-order valence-electron chi connectivity index (χ4n) is 3.07. The predicted octanol–water partition coefficient (Wildman–Crippen LogP) is 3.37. The molecule has 1 amide bonds. The number of amides is 1. The maximum atomic E-state index is 13.0. The van der Waals surface area contributed by atoms with Crippen molar-refractivity contribution < 1.29 is 9.72 Å². The molecular weight excluding hydrogens is 306 g/mol. The molecule has 6 heteroatoms. The molecule has 0 spiro atoms. The van der Waals surface area contributed by atoms with Gasteiger partial charge in [-0.1, -0.05) is 12.1 Å². The van der Waals surface area contributed by atoms with Crippen LogP contribution < -0.4 is 4.90 Å². The number of rotatable bonds is 2. The van der Waals surface area contributed by atoms with Crippen LogP contribution in [0.2, 0.25) is 0 Å². The lowest BCUT2D eigenvalue weighted by atomic mass is 10.1. The number of carbonyl (C=O) groups excluding carboxylic acids is 1. The Morgan fingerprint density at radius 3 is 2.75 bits per heavy atom. The van der Waals surface area contributed by atoms with Crippen molar-refractivity contribution in [3.05, 3.63) is 68.8 Å². The van der Waals surface area contributed by atoms with Crippen LogP contribution in [0.4, 0.5) is 11.4 Å². The van der Waals surface area contributed by atoms with Gasteiger partial charge in [-0.05, 0) is 43.5 Å². The smallest absolute Gasteiger partial charge is 0.270 e. The summed E-state index contributed by atoms with van der Waals surface area (Å²) >= 11 is 0. The van der Waals surface area contributed by atoms with Crippen molar-refractivity contribution in [2.45, 2.75) is 26.3 Å². The Bertz CT molecular complexity index is 899. The highest BCUT2D eigenvalue weighted by atomic mass is 16.6. The van der Waals surface area contributed by atoms with E-state index in [0.717, 1.165) is 5.56 Å². The van der Waals surface area contributed by atoms with E-state index in [0.29, 0.717) is 28.8 Å². The Balaban J connectivity index is 2.08. The Morgan fingerprint density at radius 2 is 2.08 bits per heavy atom. The number of benzene rings is 2. The third kappa shape index (κ3) is 2.50. The van der Waals surface area contributed by atoms with Crippen LogP contribution in [0.15, 0.2) is 36.4 Å². The van der Waals surface area contributed by atoms with Crippen LogP contribution in [0, 0.1) is 28.4 Å². The Labute approximate surface area is 139 Å². The fourth-order valence-corrected chi connectivity index (χ4v) is 3.07. The first-order valence-electron chi connectivity index (χ1n) is 7.54. The molecule has 1 aliphatic heterocycles. The van der Waals surface area contributed by atoms with Gasteiger partial charge in [0, 0.05) is 29.4 Å². The first kappa shape index (κ1) is 15.7. The summed E-state index contributed by atoms with van der Waals surface area (Å²) in [6.45, 7) is 3.68. The van der Waals surface area contributed by atoms with Crippen LogP contribution in [0.3, 0.4) is 0 Å². The monoisotopic (exact) mass is 321 g/mol. The molecule has 0 saturated carbocycles. The van der Waals surface area contributed by atoms with Gasteiger partial charge >= 0.3 is 0 Å². The van der Waals surface area contributed by atoms with Gasteiger partial charge in [0.15, 0.2) is 0 Å². The molecule has 0 aromatic heterocycles. The van der Waals surface area contributed by atoms with Crippen LogP contribution in [0.5, 0.6) is 0 Å². The van der Waals surface area contributed by atoms with Crippen LogP contribution in [-0.4, -0.2) is 16.9 Å². The van der Waals surface area contributed by atoms with E-state index in [2.05, 4.69) is 6.07 Å². The van der Waals surface area contributed by atoms with Crippen molar-refractivity contribution in [3.8, 4) is 6.07 Å². The van der Waals surface area contributed by atoms with Crippen molar-refractivity contribution in [3.63, 3.8) is 0 Å². The van der Waals surface area contributed by atoms with Gasteiger partial charge in [0.2, 0.25) is 0 Å². The van der Waals surface area contributed by atoms with E-state index < -0.39 is 4.92 Å². The summed E-state index contributed by atoms with van der Waals surface area (Å²) in [5.74, 6) is -0.280. The van der Waals surface area contributed by atoms with E-state index in [4.69, 9.17) is 5.26 Å². The molecule has 0 N–H and O–H groups in total. The molecule has 2 aromatic carbocycles. The fraction of sp³-hybridized carbons (Fsp3) is 0.222. The summed E-state index contributed by atoms with van der Waals surface area (Å²) in [6.07, 6.45) is 0.695. The maximum absolute atomic E-state index is 13.0. The standard InChI is InChI=1S/C18H15N3O3/c1-11-3-6-15(21(23)24)9-16(11)18(22)20-12(2)7-14-5-4-13(10-19)8-17(14)20/h3-6,8-9,12H,7H2,1-2H3. The van der Waals surface area contributed by atoms with Crippen molar-refractivity contribution >= 4 is 17.3 Å². The van der Waals surface area contributed by atoms with Gasteiger partial charge in [0.1, 0.15) is 0 Å². The molecule has 2 aromatic rings. The van der Waals surface area contributed by atoms with Gasteiger partial charge in [0.05, 0.1) is 16.6 Å². The number of nitro groups is 1. The highest BCUT2D eigenvalue weighted by molar-refractivity contribution is 6.09. The molecule has 3 rings (SSSR count). The first-order chi connectivity index (χ1) is 11.4. The molecule has 120 valence electrons. The zero-order valence-electron chi connectivity index (χ0n) is 13.3. The third-order valence-electron chi connectivity index (χ3n) is 4.31. The molecule has 6 nitrogen and oxygen atoms in total. The lowest BCUT2D eigenvalue weighted by Gasteiger charge is -2.23. The van der Waals surface area contributed by atoms with E-state index in [1.54, 1.807) is 30.0 Å². The quantitative estimate of drug-likeness (QED) is 0.626. The van der Waals surface area contributed by atoms with Crippen molar-refractivity contribution in [1.29, 1.82) is 5.26 Å². The summed E-state index contributed by atoms with van der Waals surface area (Å²) < 4.78 is 0. The summed E-state index contributed by atoms with van der Waals surface area (Å²) in [7, 11) is 0. The molecule has 0 fully saturated rings. The molecule has 1 heterocycles. The zero-order valence-corrected chi connectivity index (χ0v) is 13.3. The third-order valence-corrected chi connectivity index (χ3v) is 4.31. The van der Waals surface area contributed by atoms with E-state index in [9.17, 15) is 14.9 Å². The summed E-state index contributed by atoms with van der Waals surface area (Å²) in [6, 6.07) is 11.6. The van der Waals surface area contributed by atoms with Gasteiger partial charge in [-0.2, -0.15) is 5.26 Å². The van der Waals surface area contributed by atoms with Gasteiger partial charge in [0.25, 0.3) is 11.6 Å². The minimum Gasteiger partial charge on any atom is -0.305 e. The summed E-state index contributed by atoms with van der Waals surface area (Å²) in [5.41, 5.74) is 3.07. The molecule has 0 bridgehead atoms. The topological polar surface area (TPSA) is 87.2 Å². The van der Waals surface area contributed by atoms with Crippen LogP contribution >= 0.6 is 0 Å². The van der Waals surface area contributed by atoms with E-state index >= 15 is 0 Å². The van der Waals surface area contributed by atoms with Crippen LogP contribution in [0.1, 0.15) is 34.0 Å². The lowest BCUT2D eigenvalue weighted by molar-refractivity contribution is -0.384. The van der Waals surface area contributed by atoms with Crippen molar-refractivity contribution in [1.82, 2.24) is 0 Å². The number of hydrogen-bond acceptors (Lipinski definition) is 4. The van der Waals surface area contributed by atoms with E-state index in [1.807, 2.05) is 13.0 Å². The normalized spacial score (nSPS) is 15.7. The van der Waals surface area contributed by atoms with Crippen molar-refractivity contribution in [2.75, 3.05) is 4.90 Å². The van der Waals surface area contributed by atoms with Gasteiger partial charge in [-0.25, -0.2) is 0 Å². The largest absolute Gasteiger partial charge is 0.305 e. The summed E-state index contributed by atoms with van der Waals surface area (Å²) in [4.78, 5) is 25.2. The first-order valence-corrected chi connectivity index (χ1v) is 7.54. The number of aryl methyl sites for hydroxylation is 1. The number of nitrogens with zero attached hydrogens (tertiary/aromatic N) is 3.